The number of hydrogen-bond donors (Lipinski definition) is 1. The summed E-state index contributed by atoms with van der Waals surface area (Å²) in [4.78, 5) is 0. The van der Waals surface area contributed by atoms with Crippen molar-refractivity contribution in [2.24, 2.45) is 0 Å². The van der Waals surface area contributed by atoms with Crippen molar-refractivity contribution in [3.8, 4) is 0 Å². The molecule has 2 aromatic rings. The van der Waals surface area contributed by atoms with Crippen LogP contribution in [0.2, 0.25) is 5.02 Å². The Kier molecular flexibility index (Phi) is 4.37. The summed E-state index contributed by atoms with van der Waals surface area (Å²) in [5.41, 5.74) is -0.848. The predicted molar refractivity (Wildman–Crippen MR) is 70.1 cm³/mol. The van der Waals surface area contributed by atoms with Gasteiger partial charge in [0.25, 0.3) is 0 Å². The van der Waals surface area contributed by atoms with E-state index in [-0.39, 0.29) is 22.8 Å². The minimum atomic E-state index is -4.54. The summed E-state index contributed by atoms with van der Waals surface area (Å²) in [5, 5.41) is 2.49. The number of nitrogens with one attached hydrogen (secondary N) is 1. The predicted octanol–water partition coefficient (Wildman–Crippen LogP) is 5.25. The normalized spacial score (nSPS) is 11.5. The molecule has 0 spiro atoms. The summed E-state index contributed by atoms with van der Waals surface area (Å²) in [6, 6.07) is 6.52. The second-order valence-corrected chi connectivity index (χ2v) is 4.73. The van der Waals surface area contributed by atoms with Crippen LogP contribution in [0.5, 0.6) is 0 Å². The standard InChI is InChI=1S/C14H9ClF5N/c15-10-4-9(14(18,19)20)5-11(6-10)21-7-8-2-1-3-12(16)13(8)17/h1-6,21H,7H2. The first-order chi connectivity index (χ1) is 9.77. The van der Waals surface area contributed by atoms with Crippen molar-refractivity contribution in [2.45, 2.75) is 12.7 Å². The Morgan fingerprint density at radius 2 is 1.76 bits per heavy atom. The van der Waals surface area contributed by atoms with Crippen LogP contribution in [-0.2, 0) is 12.7 Å². The Morgan fingerprint density at radius 3 is 2.43 bits per heavy atom. The molecule has 1 nitrogen and oxygen atoms in total. The Morgan fingerprint density at radius 1 is 1.05 bits per heavy atom. The van der Waals surface area contributed by atoms with Gasteiger partial charge in [0.05, 0.1) is 5.56 Å². The molecule has 21 heavy (non-hydrogen) atoms. The van der Waals surface area contributed by atoms with Gasteiger partial charge in [0.15, 0.2) is 11.6 Å². The number of benzene rings is 2. The monoisotopic (exact) mass is 321 g/mol. The first-order valence-electron chi connectivity index (χ1n) is 5.82. The van der Waals surface area contributed by atoms with Crippen LogP contribution >= 0.6 is 11.6 Å². The molecule has 0 fully saturated rings. The molecular formula is C14H9ClF5N. The van der Waals surface area contributed by atoms with Gasteiger partial charge in [-0.1, -0.05) is 23.7 Å². The molecule has 0 radical (unpaired) electrons. The fraction of sp³-hybridized carbons (Fsp3) is 0.143. The smallest absolute Gasteiger partial charge is 0.381 e. The maximum Gasteiger partial charge on any atom is 0.416 e. The molecule has 2 aromatic carbocycles. The van der Waals surface area contributed by atoms with E-state index in [0.29, 0.717) is 0 Å². The van der Waals surface area contributed by atoms with Crippen molar-refractivity contribution in [1.29, 1.82) is 0 Å². The van der Waals surface area contributed by atoms with Gasteiger partial charge in [0.1, 0.15) is 0 Å². The molecule has 0 bridgehead atoms. The van der Waals surface area contributed by atoms with Crippen LogP contribution in [0.3, 0.4) is 0 Å². The highest BCUT2D eigenvalue weighted by molar-refractivity contribution is 6.30. The lowest BCUT2D eigenvalue weighted by atomic mass is 10.1. The van der Waals surface area contributed by atoms with Crippen molar-refractivity contribution < 1.29 is 22.0 Å². The van der Waals surface area contributed by atoms with Crippen molar-refractivity contribution in [3.63, 3.8) is 0 Å². The lowest BCUT2D eigenvalue weighted by Gasteiger charge is -2.12. The minimum absolute atomic E-state index is 0.00327. The van der Waals surface area contributed by atoms with E-state index < -0.39 is 23.4 Å². The third kappa shape index (κ3) is 3.85. The Labute approximate surface area is 122 Å². The molecule has 112 valence electrons. The highest BCUT2D eigenvalue weighted by Crippen LogP contribution is 2.33. The van der Waals surface area contributed by atoms with Gasteiger partial charge >= 0.3 is 6.18 Å². The van der Waals surface area contributed by atoms with Crippen LogP contribution in [0.4, 0.5) is 27.6 Å². The zero-order chi connectivity index (χ0) is 15.6. The molecule has 0 heterocycles. The summed E-state index contributed by atoms with van der Waals surface area (Å²) in [6.07, 6.45) is -4.54. The fourth-order valence-corrected chi connectivity index (χ4v) is 1.97. The van der Waals surface area contributed by atoms with Crippen molar-refractivity contribution in [2.75, 3.05) is 5.32 Å². The van der Waals surface area contributed by atoms with Gasteiger partial charge in [-0.15, -0.1) is 0 Å². The number of alkyl halides is 3. The van der Waals surface area contributed by atoms with E-state index in [4.69, 9.17) is 11.6 Å². The molecule has 1 N–H and O–H groups in total. The van der Waals surface area contributed by atoms with Crippen LogP contribution < -0.4 is 5.32 Å². The Hall–Kier alpha value is -1.82. The zero-order valence-corrected chi connectivity index (χ0v) is 11.2. The van der Waals surface area contributed by atoms with Crippen LogP contribution in [0, 0.1) is 11.6 Å². The molecule has 7 heteroatoms. The molecule has 0 saturated heterocycles. The van der Waals surface area contributed by atoms with Crippen molar-refractivity contribution >= 4 is 17.3 Å². The van der Waals surface area contributed by atoms with Gasteiger partial charge in [-0.25, -0.2) is 8.78 Å². The van der Waals surface area contributed by atoms with Crippen LogP contribution in [0.25, 0.3) is 0 Å². The van der Waals surface area contributed by atoms with E-state index in [1.54, 1.807) is 0 Å². The highest BCUT2D eigenvalue weighted by Gasteiger charge is 2.31. The molecule has 0 aliphatic heterocycles. The summed E-state index contributed by atoms with van der Waals surface area (Å²) >= 11 is 5.62. The zero-order valence-electron chi connectivity index (χ0n) is 10.4. The van der Waals surface area contributed by atoms with Gasteiger partial charge in [0.2, 0.25) is 0 Å². The molecule has 0 amide bonds. The average Bonchev–Trinajstić information content (AvgIpc) is 2.39. The molecule has 0 atom stereocenters. The SMILES string of the molecule is Fc1cccc(CNc2cc(Cl)cc(C(F)(F)F)c2)c1F. The maximum absolute atomic E-state index is 13.4. The van der Waals surface area contributed by atoms with Gasteiger partial charge in [-0.2, -0.15) is 13.2 Å². The third-order valence-electron chi connectivity index (χ3n) is 2.74. The van der Waals surface area contributed by atoms with Gasteiger partial charge in [0, 0.05) is 22.8 Å². The van der Waals surface area contributed by atoms with E-state index in [1.807, 2.05) is 0 Å². The summed E-state index contributed by atoms with van der Waals surface area (Å²) in [6.45, 7) is -0.165. The first kappa shape index (κ1) is 15.6. The number of halogens is 6. The molecule has 0 aliphatic carbocycles. The fourth-order valence-electron chi connectivity index (χ4n) is 1.74. The van der Waals surface area contributed by atoms with E-state index >= 15 is 0 Å². The average molecular weight is 322 g/mol. The second-order valence-electron chi connectivity index (χ2n) is 4.29. The van der Waals surface area contributed by atoms with Crippen LogP contribution in [-0.4, -0.2) is 0 Å². The molecular weight excluding hydrogens is 313 g/mol. The summed E-state index contributed by atoms with van der Waals surface area (Å²) in [5.74, 6) is -2.06. The quantitative estimate of drug-likeness (QED) is 0.761. The third-order valence-corrected chi connectivity index (χ3v) is 2.96. The Bertz CT molecular complexity index is 654. The van der Waals surface area contributed by atoms with Gasteiger partial charge < -0.3 is 5.32 Å². The molecule has 0 unspecified atom stereocenters. The number of hydrogen-bond acceptors (Lipinski definition) is 1. The van der Waals surface area contributed by atoms with Gasteiger partial charge in [-0.3, -0.25) is 0 Å². The first-order valence-corrected chi connectivity index (χ1v) is 6.20. The molecule has 0 aliphatic rings. The minimum Gasteiger partial charge on any atom is -0.381 e. The highest BCUT2D eigenvalue weighted by atomic mass is 35.5. The molecule has 2 rings (SSSR count). The number of anilines is 1. The van der Waals surface area contributed by atoms with E-state index in [0.717, 1.165) is 18.2 Å². The second kappa shape index (κ2) is 5.89. The van der Waals surface area contributed by atoms with E-state index in [2.05, 4.69) is 5.32 Å². The maximum atomic E-state index is 13.4. The van der Waals surface area contributed by atoms with Crippen LogP contribution in [0.15, 0.2) is 36.4 Å². The van der Waals surface area contributed by atoms with Crippen LogP contribution in [0.1, 0.15) is 11.1 Å². The summed E-state index contributed by atoms with van der Waals surface area (Å²) < 4.78 is 64.3. The molecule has 0 saturated carbocycles. The van der Waals surface area contributed by atoms with E-state index in [1.165, 1.54) is 18.2 Å². The lowest BCUT2D eigenvalue weighted by molar-refractivity contribution is -0.137. The van der Waals surface area contributed by atoms with Crippen molar-refractivity contribution in [3.05, 3.63) is 64.2 Å². The van der Waals surface area contributed by atoms with Crippen molar-refractivity contribution in [1.82, 2.24) is 0 Å². The Balaban J connectivity index is 2.21. The molecule has 0 aromatic heterocycles. The summed E-state index contributed by atoms with van der Waals surface area (Å²) in [7, 11) is 0. The van der Waals surface area contributed by atoms with E-state index in [9.17, 15) is 22.0 Å². The van der Waals surface area contributed by atoms with Gasteiger partial charge in [-0.05, 0) is 24.3 Å². The largest absolute Gasteiger partial charge is 0.416 e. The number of rotatable bonds is 3. The lowest BCUT2D eigenvalue weighted by Crippen LogP contribution is -2.07. The topological polar surface area (TPSA) is 12.0 Å².